The maximum Gasteiger partial charge on any atom is 0.294 e. The Kier molecular flexibility index (Phi) is 5.06. The molecule has 0 saturated heterocycles. The van der Waals surface area contributed by atoms with E-state index in [1.807, 2.05) is 26.0 Å². The zero-order valence-corrected chi connectivity index (χ0v) is 19.0. The Morgan fingerprint density at radius 1 is 0.912 bits per heavy atom. The van der Waals surface area contributed by atoms with Crippen LogP contribution in [0.2, 0.25) is 5.02 Å². The van der Waals surface area contributed by atoms with Crippen LogP contribution in [-0.4, -0.2) is 16.7 Å². The zero-order chi connectivity index (χ0) is 24.1. The monoisotopic (exact) mass is 471 g/mol. The molecule has 1 aliphatic heterocycles. The summed E-state index contributed by atoms with van der Waals surface area (Å²) >= 11 is 6.27. The summed E-state index contributed by atoms with van der Waals surface area (Å²) in [4.78, 5) is 39.7. The largest absolute Gasteiger partial charge is 0.348 e. The second-order valence-corrected chi connectivity index (χ2v) is 8.55. The van der Waals surface area contributed by atoms with Gasteiger partial charge in [0.2, 0.25) is 0 Å². The second kappa shape index (κ2) is 7.97. The molecule has 1 N–H and O–H groups in total. The van der Waals surface area contributed by atoms with Gasteiger partial charge in [-0.2, -0.15) is 0 Å². The fourth-order valence-electron chi connectivity index (χ4n) is 4.40. The Labute approximate surface area is 199 Å². The molecule has 0 saturated carbocycles. The number of imide groups is 1. The summed E-state index contributed by atoms with van der Waals surface area (Å²) in [7, 11) is 0. The number of nitrogens with one attached hydrogen (secondary N) is 1. The molecule has 7 nitrogen and oxygen atoms in total. The number of carbonyl (C=O) groups is 2. The first-order valence-electron chi connectivity index (χ1n) is 10.5. The average molecular weight is 472 g/mol. The van der Waals surface area contributed by atoms with E-state index in [4.69, 9.17) is 11.6 Å². The van der Waals surface area contributed by atoms with E-state index in [-0.39, 0.29) is 16.9 Å². The number of carbonyl (C=O) groups excluding carboxylic acids is 2. The van der Waals surface area contributed by atoms with Crippen LogP contribution in [-0.2, 0) is 0 Å². The van der Waals surface area contributed by atoms with E-state index < -0.39 is 16.7 Å². The van der Waals surface area contributed by atoms with Gasteiger partial charge >= 0.3 is 0 Å². The molecule has 0 atom stereocenters. The molecular weight excluding hydrogens is 454 g/mol. The van der Waals surface area contributed by atoms with Gasteiger partial charge in [0.1, 0.15) is 5.69 Å². The minimum absolute atomic E-state index is 0.0987. The number of rotatable bonds is 4. The molecule has 0 unspecified atom stereocenters. The molecule has 4 aromatic carbocycles. The lowest BCUT2D eigenvalue weighted by atomic mass is 9.91. The fraction of sp³-hybridized carbons (Fsp3) is 0.0769. The van der Waals surface area contributed by atoms with E-state index in [9.17, 15) is 19.7 Å². The zero-order valence-electron chi connectivity index (χ0n) is 18.3. The molecule has 168 valence electrons. The summed E-state index contributed by atoms with van der Waals surface area (Å²) in [5.74, 6) is -1.08. The smallest absolute Gasteiger partial charge is 0.294 e. The van der Waals surface area contributed by atoms with Crippen molar-refractivity contribution in [2.45, 2.75) is 13.8 Å². The van der Waals surface area contributed by atoms with Gasteiger partial charge in [0, 0.05) is 22.4 Å². The van der Waals surface area contributed by atoms with E-state index in [0.717, 1.165) is 16.0 Å². The quantitative estimate of drug-likeness (QED) is 0.206. The number of amides is 2. The number of anilines is 3. The summed E-state index contributed by atoms with van der Waals surface area (Å²) in [5.41, 5.74) is 2.94. The molecular formula is C26H18ClN3O4. The normalized spacial score (nSPS) is 12.9. The van der Waals surface area contributed by atoms with Gasteiger partial charge in [0.25, 0.3) is 17.5 Å². The highest BCUT2D eigenvalue weighted by Gasteiger charge is 2.37. The van der Waals surface area contributed by atoms with Crippen LogP contribution in [0, 0.1) is 24.0 Å². The predicted molar refractivity (Wildman–Crippen MR) is 132 cm³/mol. The lowest BCUT2D eigenvalue weighted by Gasteiger charge is -2.29. The number of nitrogens with zero attached hydrogens (tertiary/aromatic N) is 2. The summed E-state index contributed by atoms with van der Waals surface area (Å²) in [6, 6.07) is 18.4. The van der Waals surface area contributed by atoms with E-state index in [0.29, 0.717) is 32.7 Å². The van der Waals surface area contributed by atoms with Crippen LogP contribution in [0.25, 0.3) is 10.8 Å². The number of halogens is 1. The third-order valence-electron chi connectivity index (χ3n) is 5.93. The Morgan fingerprint density at radius 2 is 1.65 bits per heavy atom. The number of hydrogen-bond donors (Lipinski definition) is 1. The van der Waals surface area contributed by atoms with Crippen LogP contribution in [0.3, 0.4) is 0 Å². The number of benzene rings is 4. The van der Waals surface area contributed by atoms with Gasteiger partial charge in [-0.15, -0.1) is 0 Å². The minimum Gasteiger partial charge on any atom is -0.348 e. The van der Waals surface area contributed by atoms with Crippen LogP contribution >= 0.6 is 11.6 Å². The Morgan fingerprint density at radius 3 is 2.35 bits per heavy atom. The molecule has 0 radical (unpaired) electrons. The van der Waals surface area contributed by atoms with Gasteiger partial charge in [0.15, 0.2) is 0 Å². The van der Waals surface area contributed by atoms with Crippen molar-refractivity contribution in [3.63, 3.8) is 0 Å². The van der Waals surface area contributed by atoms with Crippen molar-refractivity contribution in [3.8, 4) is 0 Å². The molecule has 2 amide bonds. The molecule has 8 heteroatoms. The first-order valence-corrected chi connectivity index (χ1v) is 10.9. The van der Waals surface area contributed by atoms with E-state index >= 15 is 0 Å². The molecule has 5 rings (SSSR count). The minimum atomic E-state index is -0.604. The highest BCUT2D eigenvalue weighted by atomic mass is 35.5. The number of aryl methyl sites for hydroxylation is 2. The van der Waals surface area contributed by atoms with Crippen LogP contribution in [0.5, 0.6) is 0 Å². The van der Waals surface area contributed by atoms with Crippen molar-refractivity contribution in [3.05, 3.63) is 104 Å². The van der Waals surface area contributed by atoms with Gasteiger partial charge < -0.3 is 5.32 Å². The fourth-order valence-corrected chi connectivity index (χ4v) is 4.58. The SMILES string of the molecule is Cc1ccc(N2C(=O)c3cccc4c(Nc5ccccc5Cl)c([N+](=O)[O-])cc(c34)C2=O)c(C)c1. The molecule has 0 aliphatic carbocycles. The lowest BCUT2D eigenvalue weighted by molar-refractivity contribution is -0.383. The maximum absolute atomic E-state index is 13.6. The molecule has 0 fully saturated rings. The van der Waals surface area contributed by atoms with E-state index in [2.05, 4.69) is 5.32 Å². The first kappa shape index (κ1) is 21.6. The van der Waals surface area contributed by atoms with Crippen molar-refractivity contribution < 1.29 is 14.5 Å². The number of para-hydroxylation sites is 1. The third-order valence-corrected chi connectivity index (χ3v) is 6.26. The second-order valence-electron chi connectivity index (χ2n) is 8.14. The first-order chi connectivity index (χ1) is 16.3. The molecule has 34 heavy (non-hydrogen) atoms. The number of hydrogen-bond acceptors (Lipinski definition) is 5. The average Bonchev–Trinajstić information content (AvgIpc) is 2.80. The van der Waals surface area contributed by atoms with Gasteiger partial charge in [0.05, 0.1) is 26.9 Å². The van der Waals surface area contributed by atoms with Crippen molar-refractivity contribution >= 4 is 56.9 Å². The Bertz CT molecular complexity index is 1550. The predicted octanol–water partition coefficient (Wildman–Crippen LogP) is 6.56. The van der Waals surface area contributed by atoms with Gasteiger partial charge in [-0.3, -0.25) is 19.7 Å². The van der Waals surface area contributed by atoms with Gasteiger partial charge in [-0.1, -0.05) is 53.6 Å². The highest BCUT2D eigenvalue weighted by molar-refractivity contribution is 6.37. The van der Waals surface area contributed by atoms with Crippen molar-refractivity contribution in [2.24, 2.45) is 0 Å². The summed E-state index contributed by atoms with van der Waals surface area (Å²) in [6.07, 6.45) is 0. The van der Waals surface area contributed by atoms with Crippen molar-refractivity contribution in [2.75, 3.05) is 10.2 Å². The van der Waals surface area contributed by atoms with E-state index in [1.165, 1.54) is 6.07 Å². The molecule has 0 bridgehead atoms. The topological polar surface area (TPSA) is 92.6 Å². The van der Waals surface area contributed by atoms with Crippen LogP contribution < -0.4 is 10.2 Å². The molecule has 0 aromatic heterocycles. The summed E-state index contributed by atoms with van der Waals surface area (Å²) < 4.78 is 0. The third kappa shape index (κ3) is 3.29. The van der Waals surface area contributed by atoms with Crippen LogP contribution in [0.4, 0.5) is 22.7 Å². The van der Waals surface area contributed by atoms with Crippen LogP contribution in [0.15, 0.2) is 66.7 Å². The summed E-state index contributed by atoms with van der Waals surface area (Å²) in [5, 5.41) is 16.3. The summed E-state index contributed by atoms with van der Waals surface area (Å²) in [6.45, 7) is 3.74. The van der Waals surface area contributed by atoms with Gasteiger partial charge in [-0.05, 0) is 43.7 Å². The highest BCUT2D eigenvalue weighted by Crippen LogP contribution is 2.43. The molecule has 0 spiro atoms. The molecule has 4 aromatic rings. The molecule has 1 aliphatic rings. The Balaban J connectivity index is 1.77. The van der Waals surface area contributed by atoms with Crippen molar-refractivity contribution in [1.82, 2.24) is 0 Å². The molecule has 1 heterocycles. The Hall–Kier alpha value is -4.23. The van der Waals surface area contributed by atoms with Crippen LogP contribution in [0.1, 0.15) is 31.8 Å². The van der Waals surface area contributed by atoms with E-state index in [1.54, 1.807) is 48.5 Å². The van der Waals surface area contributed by atoms with Gasteiger partial charge in [-0.25, -0.2) is 4.90 Å². The number of nitro benzene ring substituents is 1. The van der Waals surface area contributed by atoms with Crippen molar-refractivity contribution in [1.29, 1.82) is 0 Å². The number of nitro groups is 1. The lowest BCUT2D eigenvalue weighted by Crippen LogP contribution is -2.41. The maximum atomic E-state index is 13.6. The standard InChI is InChI=1S/C26H18ClN3O4/c1-14-10-11-21(15(2)12-14)29-25(31)17-7-5-6-16-23(17)18(26(29)32)13-22(30(33)34)24(16)28-20-9-4-3-8-19(20)27/h3-13,28H,1-2H3.